The van der Waals surface area contributed by atoms with Crippen LogP contribution in [0.4, 0.5) is 0 Å². The summed E-state index contributed by atoms with van der Waals surface area (Å²) in [6.07, 6.45) is 2.92. The SMILES string of the molecule is COc1ccc2c(c1)C(c1ccc(Cl)cc1)=NC(CC(=O)NC1CCC(C(=O)OC(C)(C)C)CC1)c1nnc(C)n1-2. The maximum absolute atomic E-state index is 13.4. The van der Waals surface area contributed by atoms with Crippen LogP contribution in [0.1, 0.15) is 81.7 Å². The number of aromatic nitrogens is 3. The Balaban J connectivity index is 1.39. The molecule has 0 radical (unpaired) electrons. The van der Waals surface area contributed by atoms with Crippen LogP contribution in [0.5, 0.6) is 5.75 Å². The third-order valence-corrected chi connectivity index (χ3v) is 7.71. The fourth-order valence-corrected chi connectivity index (χ4v) is 5.62. The van der Waals surface area contributed by atoms with Crippen molar-refractivity contribution < 1.29 is 19.1 Å². The second-order valence-electron chi connectivity index (χ2n) is 11.7. The predicted molar refractivity (Wildman–Crippen MR) is 157 cm³/mol. The van der Waals surface area contributed by atoms with Crippen LogP contribution in [0.15, 0.2) is 47.5 Å². The Hall–Kier alpha value is -3.72. The number of nitrogens with zero attached hydrogens (tertiary/aromatic N) is 4. The van der Waals surface area contributed by atoms with Gasteiger partial charge in [0, 0.05) is 22.2 Å². The molecule has 0 saturated heterocycles. The van der Waals surface area contributed by atoms with Gasteiger partial charge < -0.3 is 14.8 Å². The van der Waals surface area contributed by atoms with Crippen LogP contribution in [0.2, 0.25) is 5.02 Å². The molecule has 3 aromatic rings. The molecule has 2 aliphatic rings. The topological polar surface area (TPSA) is 108 Å². The van der Waals surface area contributed by atoms with E-state index < -0.39 is 11.6 Å². The highest BCUT2D eigenvalue weighted by Gasteiger charge is 2.33. The lowest BCUT2D eigenvalue weighted by Gasteiger charge is -2.30. The Labute approximate surface area is 245 Å². The van der Waals surface area contributed by atoms with Crippen LogP contribution in [0.3, 0.4) is 0 Å². The first-order chi connectivity index (χ1) is 19.5. The lowest BCUT2D eigenvalue weighted by molar-refractivity contribution is -0.161. The maximum Gasteiger partial charge on any atom is 0.309 e. The molecule has 1 aliphatic carbocycles. The van der Waals surface area contributed by atoms with Crippen molar-refractivity contribution in [3.05, 3.63) is 70.3 Å². The van der Waals surface area contributed by atoms with Gasteiger partial charge in [-0.15, -0.1) is 10.2 Å². The molecule has 0 bridgehead atoms. The van der Waals surface area contributed by atoms with Gasteiger partial charge in [0.05, 0.1) is 30.8 Å². The molecular weight excluding hydrogens is 542 g/mol. The van der Waals surface area contributed by atoms with Crippen molar-refractivity contribution in [2.75, 3.05) is 7.11 Å². The third kappa shape index (κ3) is 6.45. The number of esters is 1. The number of ether oxygens (including phenoxy) is 2. The van der Waals surface area contributed by atoms with Gasteiger partial charge in [-0.1, -0.05) is 23.7 Å². The minimum atomic E-state index is -0.571. The van der Waals surface area contributed by atoms with Gasteiger partial charge in [-0.05, 0) is 83.7 Å². The summed E-state index contributed by atoms with van der Waals surface area (Å²) in [4.78, 5) is 31.0. The number of benzene rings is 2. The normalized spacial score (nSPS) is 20.2. The average Bonchev–Trinajstić information content (AvgIpc) is 3.25. The van der Waals surface area contributed by atoms with Gasteiger partial charge in [0.1, 0.15) is 23.2 Å². The molecule has 216 valence electrons. The van der Waals surface area contributed by atoms with E-state index in [0.29, 0.717) is 35.3 Å². The molecule has 1 fully saturated rings. The van der Waals surface area contributed by atoms with E-state index in [1.807, 2.05) is 74.7 Å². The van der Waals surface area contributed by atoms with Crippen molar-refractivity contribution >= 4 is 29.2 Å². The number of carbonyl (C=O) groups is 2. The van der Waals surface area contributed by atoms with Crippen LogP contribution in [-0.4, -0.2) is 51.1 Å². The Morgan fingerprint density at radius 2 is 1.76 bits per heavy atom. The van der Waals surface area contributed by atoms with E-state index in [1.54, 1.807) is 7.11 Å². The number of carbonyl (C=O) groups excluding carboxylic acids is 2. The van der Waals surface area contributed by atoms with Crippen molar-refractivity contribution in [2.24, 2.45) is 10.9 Å². The first-order valence-corrected chi connectivity index (χ1v) is 14.4. The molecule has 1 amide bonds. The van der Waals surface area contributed by atoms with Crippen molar-refractivity contribution in [1.82, 2.24) is 20.1 Å². The zero-order chi connectivity index (χ0) is 29.3. The molecule has 1 saturated carbocycles. The Bertz CT molecular complexity index is 1470. The number of hydrogen-bond acceptors (Lipinski definition) is 7. The van der Waals surface area contributed by atoms with Gasteiger partial charge in [-0.25, -0.2) is 0 Å². The van der Waals surface area contributed by atoms with E-state index in [4.69, 9.17) is 26.1 Å². The fraction of sp³-hybridized carbons (Fsp3) is 0.452. The number of rotatable bonds is 6. The minimum absolute atomic E-state index is 0.00672. The summed E-state index contributed by atoms with van der Waals surface area (Å²) < 4.78 is 13.1. The van der Waals surface area contributed by atoms with Gasteiger partial charge >= 0.3 is 5.97 Å². The molecular formula is C31H36ClN5O4. The lowest BCUT2D eigenvalue weighted by atomic mass is 9.86. The smallest absolute Gasteiger partial charge is 0.309 e. The first kappa shape index (κ1) is 28.8. The van der Waals surface area contributed by atoms with Crippen molar-refractivity contribution in [1.29, 1.82) is 0 Å². The molecule has 1 unspecified atom stereocenters. The zero-order valence-electron chi connectivity index (χ0n) is 24.1. The van der Waals surface area contributed by atoms with E-state index >= 15 is 0 Å². The van der Waals surface area contributed by atoms with Crippen molar-refractivity contribution in [2.45, 2.75) is 77.5 Å². The molecule has 2 heterocycles. The number of hydrogen-bond donors (Lipinski definition) is 1. The quantitative estimate of drug-likeness (QED) is 0.386. The zero-order valence-corrected chi connectivity index (χ0v) is 24.9. The minimum Gasteiger partial charge on any atom is -0.497 e. The predicted octanol–water partition coefficient (Wildman–Crippen LogP) is 5.54. The monoisotopic (exact) mass is 577 g/mol. The van der Waals surface area contributed by atoms with E-state index in [2.05, 4.69) is 15.5 Å². The summed E-state index contributed by atoms with van der Waals surface area (Å²) in [6, 6.07) is 12.7. The number of aliphatic imine (C=N–C) groups is 1. The second kappa shape index (κ2) is 11.6. The Morgan fingerprint density at radius 1 is 1.05 bits per heavy atom. The molecule has 41 heavy (non-hydrogen) atoms. The Kier molecular flexibility index (Phi) is 8.18. The van der Waals surface area contributed by atoms with Gasteiger partial charge in [0.25, 0.3) is 0 Å². The molecule has 2 aromatic carbocycles. The lowest BCUT2D eigenvalue weighted by Crippen LogP contribution is -2.40. The van der Waals surface area contributed by atoms with Crippen LogP contribution in [-0.2, 0) is 14.3 Å². The highest BCUT2D eigenvalue weighted by molar-refractivity contribution is 6.30. The molecule has 9 nitrogen and oxygen atoms in total. The summed E-state index contributed by atoms with van der Waals surface area (Å²) >= 11 is 6.19. The highest BCUT2D eigenvalue weighted by Crippen LogP contribution is 2.35. The van der Waals surface area contributed by atoms with Crippen LogP contribution in [0.25, 0.3) is 5.69 Å². The summed E-state index contributed by atoms with van der Waals surface area (Å²) in [7, 11) is 1.63. The number of aryl methyl sites for hydroxylation is 1. The van der Waals surface area contributed by atoms with Crippen LogP contribution < -0.4 is 10.1 Å². The van der Waals surface area contributed by atoms with Gasteiger partial charge in [0.2, 0.25) is 5.91 Å². The van der Waals surface area contributed by atoms with Gasteiger partial charge in [-0.2, -0.15) is 0 Å². The Morgan fingerprint density at radius 3 is 2.41 bits per heavy atom. The summed E-state index contributed by atoms with van der Waals surface area (Å²) in [5.41, 5.74) is 2.79. The van der Waals surface area contributed by atoms with E-state index in [-0.39, 0.29) is 30.3 Å². The molecule has 0 spiro atoms. The number of amides is 1. The standard InChI is InChI=1S/C31H36ClN5O4/c1-18-35-36-29-25(17-27(38)33-22-12-8-20(9-13-22)30(39)41-31(2,3)4)34-28(19-6-10-21(32)11-7-19)24-16-23(40-5)14-15-26(24)37(18)29/h6-7,10-11,14-16,20,22,25H,8-9,12-13,17H2,1-5H3,(H,33,38). The number of fused-ring (bicyclic) bond motifs is 3. The fourth-order valence-electron chi connectivity index (χ4n) is 5.50. The van der Waals surface area contributed by atoms with Gasteiger partial charge in [0.15, 0.2) is 5.82 Å². The highest BCUT2D eigenvalue weighted by atomic mass is 35.5. The summed E-state index contributed by atoms with van der Waals surface area (Å²) in [5, 5.41) is 12.6. The van der Waals surface area contributed by atoms with Gasteiger partial charge in [-0.3, -0.25) is 19.1 Å². The molecule has 1 N–H and O–H groups in total. The number of nitrogens with one attached hydrogen (secondary N) is 1. The van der Waals surface area contributed by atoms with Crippen molar-refractivity contribution in [3.63, 3.8) is 0 Å². The van der Waals surface area contributed by atoms with Crippen LogP contribution >= 0.6 is 11.6 Å². The number of halogens is 1. The molecule has 1 aliphatic heterocycles. The van der Waals surface area contributed by atoms with E-state index in [0.717, 1.165) is 35.4 Å². The number of methoxy groups -OCH3 is 1. The second-order valence-corrected chi connectivity index (χ2v) is 12.1. The third-order valence-electron chi connectivity index (χ3n) is 7.46. The largest absolute Gasteiger partial charge is 0.497 e. The summed E-state index contributed by atoms with van der Waals surface area (Å²) in [5.74, 6) is 1.58. The van der Waals surface area contributed by atoms with E-state index in [9.17, 15) is 9.59 Å². The molecule has 5 rings (SSSR count). The molecule has 1 atom stereocenters. The first-order valence-electron chi connectivity index (χ1n) is 14.0. The molecule has 1 aromatic heterocycles. The maximum atomic E-state index is 13.4. The van der Waals surface area contributed by atoms with Crippen LogP contribution in [0, 0.1) is 12.8 Å². The average molecular weight is 578 g/mol. The molecule has 10 heteroatoms. The van der Waals surface area contributed by atoms with E-state index in [1.165, 1.54) is 0 Å². The summed E-state index contributed by atoms with van der Waals surface area (Å²) in [6.45, 7) is 7.52. The van der Waals surface area contributed by atoms with Crippen molar-refractivity contribution in [3.8, 4) is 11.4 Å².